The van der Waals surface area contributed by atoms with Crippen molar-refractivity contribution in [2.24, 2.45) is 5.41 Å². The molecule has 2 aromatic carbocycles. The Morgan fingerprint density at radius 2 is 1.57 bits per heavy atom. The van der Waals surface area contributed by atoms with Crippen LogP contribution in [0.25, 0.3) is 0 Å². The molecule has 0 aliphatic carbocycles. The van der Waals surface area contributed by atoms with Crippen molar-refractivity contribution in [3.8, 4) is 0 Å². The molecular weight excluding hydrogens is 260 g/mol. The first-order chi connectivity index (χ1) is 10.0. The van der Waals surface area contributed by atoms with Crippen LogP contribution < -0.4 is 0 Å². The molecule has 2 rings (SSSR count). The summed E-state index contributed by atoms with van der Waals surface area (Å²) in [7, 11) is 0. The van der Waals surface area contributed by atoms with Crippen LogP contribution in [0.4, 0.5) is 0 Å². The van der Waals surface area contributed by atoms with Gasteiger partial charge in [-0.1, -0.05) is 68.5 Å². The molecule has 0 saturated heterocycles. The number of carbonyl (C=O) groups excluding carboxylic acids is 1. The lowest BCUT2D eigenvalue weighted by Gasteiger charge is -2.31. The number of benzene rings is 2. The van der Waals surface area contributed by atoms with Crippen LogP contribution in [-0.4, -0.2) is 5.97 Å². The number of ether oxygens (including phenoxy) is 1. The molecule has 1 atom stereocenters. The third-order valence-corrected chi connectivity index (χ3v) is 3.54. The molecule has 0 aliphatic heterocycles. The highest BCUT2D eigenvalue weighted by atomic mass is 16.5. The number of esters is 1. The van der Waals surface area contributed by atoms with E-state index >= 15 is 0 Å². The quantitative estimate of drug-likeness (QED) is 0.581. The van der Waals surface area contributed by atoms with E-state index in [1.165, 1.54) is 0 Å². The number of hydrogen-bond acceptors (Lipinski definition) is 2. The first-order valence-electron chi connectivity index (χ1n) is 6.99. The molecular formula is C19H20O2. The van der Waals surface area contributed by atoms with Gasteiger partial charge in [-0.25, -0.2) is 4.79 Å². The highest BCUT2D eigenvalue weighted by Gasteiger charge is 2.31. The van der Waals surface area contributed by atoms with Gasteiger partial charge >= 0.3 is 5.97 Å². The Kier molecular flexibility index (Phi) is 4.59. The molecule has 0 amide bonds. The van der Waals surface area contributed by atoms with E-state index in [1.54, 1.807) is 12.1 Å². The average molecular weight is 280 g/mol. The van der Waals surface area contributed by atoms with E-state index in [-0.39, 0.29) is 17.5 Å². The van der Waals surface area contributed by atoms with Gasteiger partial charge in [-0.2, -0.15) is 0 Å². The molecule has 0 aromatic heterocycles. The summed E-state index contributed by atoms with van der Waals surface area (Å²) >= 11 is 0. The van der Waals surface area contributed by atoms with Gasteiger partial charge in [-0.05, 0) is 17.7 Å². The first kappa shape index (κ1) is 15.0. The minimum Gasteiger partial charge on any atom is -0.453 e. The molecule has 0 fully saturated rings. The second kappa shape index (κ2) is 6.40. The van der Waals surface area contributed by atoms with Gasteiger partial charge in [-0.15, -0.1) is 6.58 Å². The van der Waals surface area contributed by atoms with Crippen molar-refractivity contribution >= 4 is 5.97 Å². The summed E-state index contributed by atoms with van der Waals surface area (Å²) in [5.41, 5.74) is 1.16. The fraction of sp³-hybridized carbons (Fsp3) is 0.211. The van der Waals surface area contributed by atoms with Crippen LogP contribution in [-0.2, 0) is 4.74 Å². The third kappa shape index (κ3) is 3.60. The van der Waals surface area contributed by atoms with Gasteiger partial charge in [0, 0.05) is 5.41 Å². The Morgan fingerprint density at radius 1 is 1.05 bits per heavy atom. The molecule has 2 aromatic rings. The summed E-state index contributed by atoms with van der Waals surface area (Å²) in [6, 6.07) is 18.8. The van der Waals surface area contributed by atoms with Crippen molar-refractivity contribution in [3.05, 3.63) is 84.4 Å². The van der Waals surface area contributed by atoms with Crippen molar-refractivity contribution in [2.45, 2.75) is 20.0 Å². The fourth-order valence-corrected chi connectivity index (χ4v) is 2.13. The molecule has 1 unspecified atom stereocenters. The number of hydrogen-bond donors (Lipinski definition) is 0. The number of carbonyl (C=O) groups is 1. The van der Waals surface area contributed by atoms with E-state index in [2.05, 4.69) is 6.58 Å². The Labute approximate surface area is 126 Å². The summed E-state index contributed by atoms with van der Waals surface area (Å²) in [5.74, 6) is -0.320. The van der Waals surface area contributed by atoms with E-state index in [1.807, 2.05) is 68.5 Å². The lowest BCUT2D eigenvalue weighted by molar-refractivity contribution is 0.00354. The van der Waals surface area contributed by atoms with E-state index in [4.69, 9.17) is 4.74 Å². The van der Waals surface area contributed by atoms with Crippen LogP contribution >= 0.6 is 0 Å². The molecule has 2 nitrogen and oxygen atoms in total. The molecule has 0 radical (unpaired) electrons. The minimum atomic E-state index is -0.371. The Bertz CT molecular complexity index is 600. The highest BCUT2D eigenvalue weighted by Crippen LogP contribution is 2.38. The summed E-state index contributed by atoms with van der Waals surface area (Å²) in [4.78, 5) is 12.3. The van der Waals surface area contributed by atoms with E-state index in [0.29, 0.717) is 5.56 Å². The fourth-order valence-electron chi connectivity index (χ4n) is 2.13. The summed E-state index contributed by atoms with van der Waals surface area (Å²) < 4.78 is 5.77. The SMILES string of the molecule is C=CC(C)(C)C(OC(=O)c1ccccc1)c1ccccc1. The zero-order valence-corrected chi connectivity index (χ0v) is 12.5. The maximum Gasteiger partial charge on any atom is 0.338 e. The van der Waals surface area contributed by atoms with E-state index in [0.717, 1.165) is 5.56 Å². The maximum atomic E-state index is 12.3. The molecule has 0 heterocycles. The van der Waals surface area contributed by atoms with Crippen molar-refractivity contribution < 1.29 is 9.53 Å². The summed E-state index contributed by atoms with van der Waals surface area (Å²) in [6.45, 7) is 7.89. The van der Waals surface area contributed by atoms with Gasteiger partial charge < -0.3 is 4.74 Å². The first-order valence-corrected chi connectivity index (χ1v) is 6.99. The van der Waals surface area contributed by atoms with Crippen LogP contribution in [0.2, 0.25) is 0 Å². The molecule has 0 bridgehead atoms. The Balaban J connectivity index is 2.29. The molecule has 0 saturated carbocycles. The standard InChI is InChI=1S/C19H20O2/c1-4-19(2,3)17(15-11-7-5-8-12-15)21-18(20)16-13-9-6-10-14-16/h4-14,17H,1H2,2-3H3. The molecule has 21 heavy (non-hydrogen) atoms. The van der Waals surface area contributed by atoms with Crippen LogP contribution in [0.5, 0.6) is 0 Å². The van der Waals surface area contributed by atoms with Gasteiger partial charge in [0.05, 0.1) is 5.56 Å². The summed E-state index contributed by atoms with van der Waals surface area (Å²) in [5, 5.41) is 0. The monoisotopic (exact) mass is 280 g/mol. The van der Waals surface area contributed by atoms with Gasteiger partial charge in [0.25, 0.3) is 0 Å². The Hall–Kier alpha value is -2.35. The predicted molar refractivity (Wildman–Crippen MR) is 85.0 cm³/mol. The molecule has 2 heteroatoms. The highest BCUT2D eigenvalue weighted by molar-refractivity contribution is 5.89. The van der Waals surface area contributed by atoms with Crippen molar-refractivity contribution in [3.63, 3.8) is 0 Å². The predicted octanol–water partition coefficient (Wildman–Crippen LogP) is 4.80. The third-order valence-electron chi connectivity index (χ3n) is 3.54. The van der Waals surface area contributed by atoms with E-state index < -0.39 is 0 Å². The minimum absolute atomic E-state index is 0.320. The molecule has 0 aliphatic rings. The van der Waals surface area contributed by atoms with Crippen LogP contribution in [0.15, 0.2) is 73.3 Å². The van der Waals surface area contributed by atoms with Gasteiger partial charge in [0.1, 0.15) is 6.10 Å². The van der Waals surface area contributed by atoms with Gasteiger partial charge in [-0.3, -0.25) is 0 Å². The second-order valence-corrected chi connectivity index (χ2v) is 5.59. The topological polar surface area (TPSA) is 26.3 Å². The zero-order chi connectivity index (χ0) is 15.3. The normalized spacial score (nSPS) is 12.5. The molecule has 108 valence electrons. The molecule has 0 spiro atoms. The largest absolute Gasteiger partial charge is 0.453 e. The lowest BCUT2D eigenvalue weighted by atomic mass is 9.82. The smallest absolute Gasteiger partial charge is 0.338 e. The maximum absolute atomic E-state index is 12.3. The second-order valence-electron chi connectivity index (χ2n) is 5.59. The van der Waals surface area contributed by atoms with Crippen molar-refractivity contribution in [2.75, 3.05) is 0 Å². The van der Waals surface area contributed by atoms with Crippen molar-refractivity contribution in [1.29, 1.82) is 0 Å². The molecule has 0 N–H and O–H groups in total. The van der Waals surface area contributed by atoms with E-state index in [9.17, 15) is 4.79 Å². The van der Waals surface area contributed by atoms with Gasteiger partial charge in [0.15, 0.2) is 0 Å². The average Bonchev–Trinajstić information content (AvgIpc) is 2.54. The van der Waals surface area contributed by atoms with Crippen LogP contribution in [0.1, 0.15) is 35.9 Å². The summed E-state index contributed by atoms with van der Waals surface area (Å²) in [6.07, 6.45) is 1.45. The zero-order valence-electron chi connectivity index (χ0n) is 12.5. The lowest BCUT2D eigenvalue weighted by Crippen LogP contribution is -2.25. The van der Waals surface area contributed by atoms with Crippen molar-refractivity contribution in [1.82, 2.24) is 0 Å². The number of rotatable bonds is 5. The van der Waals surface area contributed by atoms with Crippen LogP contribution in [0, 0.1) is 5.41 Å². The van der Waals surface area contributed by atoms with Gasteiger partial charge in [0.2, 0.25) is 0 Å². The van der Waals surface area contributed by atoms with Crippen LogP contribution in [0.3, 0.4) is 0 Å². The Morgan fingerprint density at radius 3 is 2.10 bits per heavy atom.